The minimum atomic E-state index is -4.30. The van der Waals surface area contributed by atoms with Gasteiger partial charge in [-0.25, -0.2) is 0 Å². The molecule has 2 N–H and O–H groups in total. The predicted molar refractivity (Wildman–Crippen MR) is 69.8 cm³/mol. The molecule has 0 fully saturated rings. The fraction of sp³-hybridized carbons (Fsp3) is 0.200. The molecule has 0 bridgehead atoms. The van der Waals surface area contributed by atoms with E-state index in [0.717, 1.165) is 17.2 Å². The molecule has 0 aliphatic rings. The number of halogens is 3. The SMILES string of the molecule is Cc1ccc(N)cc1Cc1cccc(C(F)(F)F)c1. The van der Waals surface area contributed by atoms with Crippen molar-refractivity contribution in [2.75, 3.05) is 5.73 Å². The van der Waals surface area contributed by atoms with Crippen LogP contribution >= 0.6 is 0 Å². The van der Waals surface area contributed by atoms with E-state index in [1.165, 1.54) is 12.1 Å². The van der Waals surface area contributed by atoms with Crippen molar-refractivity contribution < 1.29 is 13.2 Å². The molecule has 1 nitrogen and oxygen atoms in total. The molecule has 2 aromatic rings. The molecular formula is C15H14F3N. The Morgan fingerprint density at radius 3 is 2.47 bits per heavy atom. The predicted octanol–water partition coefficient (Wildman–Crippen LogP) is 4.19. The van der Waals surface area contributed by atoms with Crippen molar-refractivity contribution in [3.05, 3.63) is 64.7 Å². The summed E-state index contributed by atoms with van der Waals surface area (Å²) in [5.41, 5.74) is 8.29. The maximum atomic E-state index is 12.6. The smallest absolute Gasteiger partial charge is 0.399 e. The van der Waals surface area contributed by atoms with Crippen LogP contribution in [0.2, 0.25) is 0 Å². The van der Waals surface area contributed by atoms with Crippen LogP contribution < -0.4 is 5.73 Å². The van der Waals surface area contributed by atoms with Crippen LogP contribution in [0.3, 0.4) is 0 Å². The molecule has 0 heterocycles. The first-order valence-corrected chi connectivity index (χ1v) is 5.87. The Morgan fingerprint density at radius 2 is 1.79 bits per heavy atom. The summed E-state index contributed by atoms with van der Waals surface area (Å²) in [5, 5.41) is 0. The molecule has 0 radical (unpaired) electrons. The van der Waals surface area contributed by atoms with Crippen molar-refractivity contribution in [3.63, 3.8) is 0 Å². The van der Waals surface area contributed by atoms with Crippen molar-refractivity contribution in [1.82, 2.24) is 0 Å². The second-order valence-electron chi connectivity index (χ2n) is 4.56. The zero-order valence-corrected chi connectivity index (χ0v) is 10.5. The summed E-state index contributed by atoms with van der Waals surface area (Å²) in [6.45, 7) is 1.92. The van der Waals surface area contributed by atoms with Gasteiger partial charge in [-0.2, -0.15) is 13.2 Å². The summed E-state index contributed by atoms with van der Waals surface area (Å²) in [6, 6.07) is 10.8. The summed E-state index contributed by atoms with van der Waals surface area (Å²) < 4.78 is 37.9. The number of rotatable bonds is 2. The third-order valence-corrected chi connectivity index (χ3v) is 3.02. The average Bonchev–Trinajstić information content (AvgIpc) is 2.33. The van der Waals surface area contributed by atoms with E-state index in [1.54, 1.807) is 18.2 Å². The fourth-order valence-corrected chi connectivity index (χ4v) is 1.96. The minimum absolute atomic E-state index is 0.445. The van der Waals surface area contributed by atoms with Gasteiger partial charge < -0.3 is 5.73 Å². The molecule has 100 valence electrons. The molecule has 2 aromatic carbocycles. The quantitative estimate of drug-likeness (QED) is 0.810. The fourth-order valence-electron chi connectivity index (χ4n) is 1.96. The summed E-state index contributed by atoms with van der Waals surface area (Å²) in [7, 11) is 0. The van der Waals surface area contributed by atoms with Crippen LogP contribution in [0.5, 0.6) is 0 Å². The number of aryl methyl sites for hydroxylation is 1. The maximum absolute atomic E-state index is 12.6. The molecular weight excluding hydrogens is 251 g/mol. The monoisotopic (exact) mass is 265 g/mol. The van der Waals surface area contributed by atoms with Gasteiger partial charge in [0.1, 0.15) is 0 Å². The summed E-state index contributed by atoms with van der Waals surface area (Å²) in [5.74, 6) is 0. The van der Waals surface area contributed by atoms with E-state index in [2.05, 4.69) is 0 Å². The zero-order valence-electron chi connectivity index (χ0n) is 10.5. The van der Waals surface area contributed by atoms with Crippen LogP contribution in [0.15, 0.2) is 42.5 Å². The Kier molecular flexibility index (Phi) is 3.51. The van der Waals surface area contributed by atoms with Crippen molar-refractivity contribution in [2.45, 2.75) is 19.5 Å². The van der Waals surface area contributed by atoms with Crippen LogP contribution in [0, 0.1) is 6.92 Å². The minimum Gasteiger partial charge on any atom is -0.399 e. The third-order valence-electron chi connectivity index (χ3n) is 3.02. The Hall–Kier alpha value is -1.97. The number of alkyl halides is 3. The molecule has 0 unspecified atom stereocenters. The number of nitrogens with two attached hydrogens (primary N) is 1. The molecule has 0 amide bonds. The van der Waals surface area contributed by atoms with Gasteiger partial charge in [-0.05, 0) is 48.2 Å². The molecule has 0 saturated carbocycles. The molecule has 2 rings (SSSR count). The lowest BCUT2D eigenvalue weighted by atomic mass is 9.98. The van der Waals surface area contributed by atoms with Crippen LogP contribution in [0.25, 0.3) is 0 Å². The van der Waals surface area contributed by atoms with Crippen LogP contribution in [-0.4, -0.2) is 0 Å². The Labute approximate surface area is 109 Å². The van der Waals surface area contributed by atoms with Crippen LogP contribution in [0.4, 0.5) is 18.9 Å². The Bertz CT molecular complexity index is 588. The van der Waals surface area contributed by atoms with E-state index in [1.807, 2.05) is 13.0 Å². The van der Waals surface area contributed by atoms with Crippen LogP contribution in [0.1, 0.15) is 22.3 Å². The van der Waals surface area contributed by atoms with E-state index in [0.29, 0.717) is 17.7 Å². The molecule has 19 heavy (non-hydrogen) atoms. The van der Waals surface area contributed by atoms with Gasteiger partial charge in [-0.3, -0.25) is 0 Å². The zero-order chi connectivity index (χ0) is 14.0. The maximum Gasteiger partial charge on any atom is 0.416 e. The van der Waals surface area contributed by atoms with Crippen molar-refractivity contribution in [1.29, 1.82) is 0 Å². The highest BCUT2D eigenvalue weighted by atomic mass is 19.4. The van der Waals surface area contributed by atoms with Gasteiger partial charge in [0.2, 0.25) is 0 Å². The first-order chi connectivity index (χ1) is 8.86. The number of nitrogen functional groups attached to an aromatic ring is 1. The highest BCUT2D eigenvalue weighted by molar-refractivity contribution is 5.46. The number of hydrogen-bond donors (Lipinski definition) is 1. The second-order valence-corrected chi connectivity index (χ2v) is 4.56. The summed E-state index contributed by atoms with van der Waals surface area (Å²) in [4.78, 5) is 0. The number of anilines is 1. The van der Waals surface area contributed by atoms with E-state index in [4.69, 9.17) is 5.73 Å². The second kappa shape index (κ2) is 4.96. The van der Waals surface area contributed by atoms with Crippen molar-refractivity contribution in [2.24, 2.45) is 0 Å². The number of benzene rings is 2. The lowest BCUT2D eigenvalue weighted by Gasteiger charge is -2.10. The standard InChI is InChI=1S/C15H14F3N/c1-10-5-6-14(19)9-12(10)7-11-3-2-4-13(8-11)15(16,17)18/h2-6,8-9H,7,19H2,1H3. The van der Waals surface area contributed by atoms with E-state index < -0.39 is 11.7 Å². The Balaban J connectivity index is 2.31. The lowest BCUT2D eigenvalue weighted by Crippen LogP contribution is -2.05. The van der Waals surface area contributed by atoms with Crippen molar-refractivity contribution >= 4 is 5.69 Å². The molecule has 4 heteroatoms. The molecule has 0 aliphatic carbocycles. The first-order valence-electron chi connectivity index (χ1n) is 5.87. The lowest BCUT2D eigenvalue weighted by molar-refractivity contribution is -0.137. The van der Waals surface area contributed by atoms with Crippen molar-refractivity contribution in [3.8, 4) is 0 Å². The topological polar surface area (TPSA) is 26.0 Å². The molecule has 0 aromatic heterocycles. The normalized spacial score (nSPS) is 11.6. The third kappa shape index (κ3) is 3.28. The molecule has 0 atom stereocenters. The van der Waals surface area contributed by atoms with Gasteiger partial charge in [0.05, 0.1) is 5.56 Å². The number of hydrogen-bond acceptors (Lipinski definition) is 1. The highest BCUT2D eigenvalue weighted by Crippen LogP contribution is 2.30. The van der Waals surface area contributed by atoms with E-state index in [-0.39, 0.29) is 0 Å². The average molecular weight is 265 g/mol. The van der Waals surface area contributed by atoms with Gasteiger partial charge in [0.25, 0.3) is 0 Å². The largest absolute Gasteiger partial charge is 0.416 e. The van der Waals surface area contributed by atoms with Gasteiger partial charge in [0.15, 0.2) is 0 Å². The van der Waals surface area contributed by atoms with Gasteiger partial charge in [0, 0.05) is 5.69 Å². The van der Waals surface area contributed by atoms with E-state index in [9.17, 15) is 13.2 Å². The summed E-state index contributed by atoms with van der Waals surface area (Å²) >= 11 is 0. The highest BCUT2D eigenvalue weighted by Gasteiger charge is 2.30. The van der Waals surface area contributed by atoms with Gasteiger partial charge in [-0.15, -0.1) is 0 Å². The first kappa shape index (κ1) is 13.5. The van der Waals surface area contributed by atoms with E-state index >= 15 is 0 Å². The van der Waals surface area contributed by atoms with Crippen LogP contribution in [-0.2, 0) is 12.6 Å². The molecule has 0 saturated heterocycles. The Morgan fingerprint density at radius 1 is 1.05 bits per heavy atom. The van der Waals surface area contributed by atoms with Gasteiger partial charge >= 0.3 is 6.18 Å². The van der Waals surface area contributed by atoms with Gasteiger partial charge in [-0.1, -0.05) is 24.3 Å². The molecule has 0 aliphatic heterocycles. The molecule has 0 spiro atoms. The summed E-state index contributed by atoms with van der Waals surface area (Å²) in [6.07, 6.45) is -3.86.